The number of ether oxygens (including phenoxy) is 7. The first kappa shape index (κ1) is 58.7. The average molecular weight is 1010 g/mol. The lowest BCUT2D eigenvalue weighted by molar-refractivity contribution is -0.301. The second kappa shape index (κ2) is 24.9. The lowest BCUT2D eigenvalue weighted by atomic mass is 9.77. The number of cyclic esters (lactones) is 1. The molecule has 3 fully saturated rings. The van der Waals surface area contributed by atoms with Crippen LogP contribution in [0, 0.1) is 17.8 Å². The Kier molecular flexibility index (Phi) is 20.6. The smallest absolute Gasteiger partial charge is 0.311 e. The van der Waals surface area contributed by atoms with Crippen LogP contribution >= 0.6 is 0 Å². The first-order valence-corrected chi connectivity index (χ1v) is 25.6. The second-order valence-electron chi connectivity index (χ2n) is 21.7. The minimum atomic E-state index is -1.83. The summed E-state index contributed by atoms with van der Waals surface area (Å²) in [6.07, 6.45) is -5.67. The number of ketones is 1. The summed E-state index contributed by atoms with van der Waals surface area (Å²) in [4.78, 5) is 30.2. The van der Waals surface area contributed by atoms with Crippen LogP contribution in [-0.2, 0) is 46.2 Å². The van der Waals surface area contributed by atoms with Crippen molar-refractivity contribution in [2.75, 3.05) is 47.5 Å². The Balaban J connectivity index is 1.39. The van der Waals surface area contributed by atoms with Crippen LogP contribution in [-0.4, -0.2) is 200 Å². The number of nitrogens with zero attached hydrogens (tertiary/aromatic N) is 5. The number of aliphatic hydroxyl groups excluding tert-OH is 3. The third-order valence-electron chi connectivity index (χ3n) is 15.5. The van der Waals surface area contributed by atoms with E-state index >= 15 is 0 Å². The molecule has 0 saturated carbocycles. The number of carbonyl (C=O) groups is 2. The van der Waals surface area contributed by atoms with Gasteiger partial charge in [0, 0.05) is 62.8 Å². The maximum atomic E-state index is 14.4. The number of aromatic nitrogens is 3. The van der Waals surface area contributed by atoms with Gasteiger partial charge in [0.15, 0.2) is 12.1 Å². The maximum absolute atomic E-state index is 14.4. The minimum absolute atomic E-state index is 0.0193. The molecular weight excluding hydrogens is 919 g/mol. The highest BCUT2D eigenvalue weighted by atomic mass is 16.7. The predicted octanol–water partition coefficient (Wildman–Crippen LogP) is 3.43. The van der Waals surface area contributed by atoms with Crippen LogP contribution in [0.15, 0.2) is 30.5 Å². The van der Waals surface area contributed by atoms with Crippen molar-refractivity contribution in [1.29, 1.82) is 0 Å². The fourth-order valence-electron chi connectivity index (χ4n) is 11.0. The SMILES string of the molecule is CC[C@H]1OC(=O)[C@H](C)[C@@H](OC[C@H]2C[C@@](C)(OC)[C@@H](O)[C@H](C)O2)[C@H](C)[C@@H](O[C@@H]2O[C@H](C)C[C@H](N(C)CCc3cn(CCOc4cccc(C(C)=O)c4)nn3)[C@H]2O)[C@](C)(O)C[C@@H](C)CN(C)[C@H](C)[C@@H](O)[C@]1(C)O. The molecule has 18 atom stereocenters. The van der Waals surface area contributed by atoms with E-state index in [0.29, 0.717) is 50.4 Å². The molecule has 5 rings (SSSR count). The molecule has 5 N–H and O–H groups in total. The van der Waals surface area contributed by atoms with Crippen molar-refractivity contribution in [3.8, 4) is 5.75 Å². The highest BCUT2D eigenvalue weighted by Crippen LogP contribution is 2.39. The molecule has 19 nitrogen and oxygen atoms in total. The first-order chi connectivity index (χ1) is 33.2. The summed E-state index contributed by atoms with van der Waals surface area (Å²) in [6, 6.07) is 6.06. The Morgan fingerprint density at radius 3 is 2.38 bits per heavy atom. The third kappa shape index (κ3) is 14.6. The van der Waals surface area contributed by atoms with E-state index in [2.05, 4.69) is 15.2 Å². The molecule has 0 aliphatic carbocycles. The quantitative estimate of drug-likeness (QED) is 0.120. The number of benzene rings is 1. The van der Waals surface area contributed by atoms with Crippen LogP contribution in [0.1, 0.15) is 118 Å². The van der Waals surface area contributed by atoms with Gasteiger partial charge in [0.05, 0.1) is 66.5 Å². The zero-order valence-corrected chi connectivity index (χ0v) is 44.8. The molecule has 0 unspecified atom stereocenters. The van der Waals surface area contributed by atoms with E-state index in [1.54, 1.807) is 63.6 Å². The Morgan fingerprint density at radius 1 is 1.01 bits per heavy atom. The number of likely N-dealkylation sites (N-methyl/N-ethyl adjacent to an activating group) is 2. The van der Waals surface area contributed by atoms with E-state index in [4.69, 9.17) is 33.2 Å². The van der Waals surface area contributed by atoms with Gasteiger partial charge in [-0.2, -0.15) is 0 Å². The number of carbonyl (C=O) groups excluding carboxylic acids is 2. The van der Waals surface area contributed by atoms with Gasteiger partial charge in [-0.15, -0.1) is 5.10 Å². The molecule has 3 aliphatic heterocycles. The van der Waals surface area contributed by atoms with Crippen molar-refractivity contribution in [3.05, 3.63) is 41.7 Å². The third-order valence-corrected chi connectivity index (χ3v) is 15.5. The van der Waals surface area contributed by atoms with E-state index in [-0.39, 0.29) is 43.7 Å². The van der Waals surface area contributed by atoms with Crippen molar-refractivity contribution in [2.24, 2.45) is 17.8 Å². The first-order valence-electron chi connectivity index (χ1n) is 25.6. The zero-order valence-electron chi connectivity index (χ0n) is 44.8. The molecule has 404 valence electrons. The van der Waals surface area contributed by atoms with Gasteiger partial charge in [0.1, 0.15) is 42.4 Å². The van der Waals surface area contributed by atoms with E-state index < -0.39 is 102 Å². The number of hydrogen-bond acceptors (Lipinski definition) is 18. The molecule has 0 bridgehead atoms. The van der Waals surface area contributed by atoms with Gasteiger partial charge in [-0.25, -0.2) is 4.68 Å². The summed E-state index contributed by atoms with van der Waals surface area (Å²) in [7, 11) is 5.30. The van der Waals surface area contributed by atoms with Crippen molar-refractivity contribution in [2.45, 2.75) is 205 Å². The standard InChI is InChI=1S/C52H87N5O14/c1-15-42-52(11,64)45(60)34(6)56(13)27-30(2)25-50(9,63)47(32(4)44(33(5)48(62)70-42)67-29-40-26-51(10,65-14)46(61)36(8)69-40)71-49-43(59)41(23-31(3)68-49)55(12)20-19-38-28-57(54-53-38)21-22-66-39-18-16-17-37(24-39)35(7)58/h16-18,24,28,30-34,36,40-47,49,59-61,63-64H,15,19-23,25-27,29H2,1-14H3/t30-,31-,32+,33-,34-,36+,40-,41+,42-,43-,44+,45-,46+,47-,49+,50-,51-,52-/m1/s1. The van der Waals surface area contributed by atoms with Crippen LogP contribution in [0.5, 0.6) is 5.75 Å². The number of hydrogen-bond donors (Lipinski definition) is 5. The molecule has 3 saturated heterocycles. The van der Waals surface area contributed by atoms with Crippen molar-refractivity contribution >= 4 is 11.8 Å². The molecule has 3 aliphatic rings. The van der Waals surface area contributed by atoms with Gasteiger partial charge in [-0.05, 0) is 107 Å². The van der Waals surface area contributed by atoms with E-state index in [1.165, 1.54) is 21.0 Å². The van der Waals surface area contributed by atoms with Crippen LogP contribution in [0.2, 0.25) is 0 Å². The van der Waals surface area contributed by atoms with Crippen molar-refractivity contribution in [1.82, 2.24) is 24.8 Å². The maximum Gasteiger partial charge on any atom is 0.311 e. The van der Waals surface area contributed by atoms with Gasteiger partial charge in [0.2, 0.25) is 0 Å². The normalized spacial score (nSPS) is 39.4. The molecule has 0 spiro atoms. The van der Waals surface area contributed by atoms with E-state index in [0.717, 1.165) is 5.69 Å². The number of esters is 1. The molecule has 4 heterocycles. The topological polar surface area (TPSA) is 237 Å². The number of methoxy groups -OCH3 is 1. The summed E-state index contributed by atoms with van der Waals surface area (Å²) in [5.41, 5.74) is -3.04. The minimum Gasteiger partial charge on any atom is -0.492 e. The Bertz CT molecular complexity index is 2010. The van der Waals surface area contributed by atoms with E-state index in [9.17, 15) is 35.1 Å². The molecule has 71 heavy (non-hydrogen) atoms. The summed E-state index contributed by atoms with van der Waals surface area (Å²) in [5.74, 6) is -2.09. The highest BCUT2D eigenvalue weighted by Gasteiger charge is 2.52. The Labute approximate surface area is 421 Å². The monoisotopic (exact) mass is 1010 g/mol. The number of Topliss-reactive ketones (excluding diaryl/α,β-unsaturated/α-hetero) is 1. The molecule has 0 radical (unpaired) electrons. The fraction of sp³-hybridized carbons (Fsp3) is 0.808. The number of rotatable bonds is 16. The van der Waals surface area contributed by atoms with Crippen LogP contribution < -0.4 is 4.74 Å². The summed E-state index contributed by atoms with van der Waals surface area (Å²) in [6.45, 7) is 20.9. The molecule has 19 heteroatoms. The van der Waals surface area contributed by atoms with E-state index in [1.807, 2.05) is 52.9 Å². The zero-order chi connectivity index (χ0) is 52.7. The fourth-order valence-corrected chi connectivity index (χ4v) is 11.0. The van der Waals surface area contributed by atoms with Gasteiger partial charge in [-0.1, -0.05) is 38.1 Å². The molecule has 2 aromatic rings. The van der Waals surface area contributed by atoms with Crippen molar-refractivity contribution in [3.63, 3.8) is 0 Å². The summed E-state index contributed by atoms with van der Waals surface area (Å²) < 4.78 is 45.7. The number of aliphatic hydroxyl groups is 5. The summed E-state index contributed by atoms with van der Waals surface area (Å²) in [5, 5.41) is 68.1. The van der Waals surface area contributed by atoms with Crippen LogP contribution in [0.3, 0.4) is 0 Å². The Morgan fingerprint density at radius 2 is 1.72 bits per heavy atom. The van der Waals surface area contributed by atoms with Gasteiger partial charge >= 0.3 is 5.97 Å². The van der Waals surface area contributed by atoms with Gasteiger partial charge in [-0.3, -0.25) is 9.59 Å². The van der Waals surface area contributed by atoms with Gasteiger partial charge in [0.25, 0.3) is 0 Å². The summed E-state index contributed by atoms with van der Waals surface area (Å²) >= 11 is 0. The van der Waals surface area contributed by atoms with Gasteiger partial charge < -0.3 is 68.5 Å². The van der Waals surface area contributed by atoms with Crippen LogP contribution in [0.25, 0.3) is 0 Å². The molecule has 0 amide bonds. The average Bonchev–Trinajstić information content (AvgIpc) is 3.77. The lowest BCUT2D eigenvalue weighted by Gasteiger charge is -2.48. The largest absolute Gasteiger partial charge is 0.492 e. The lowest BCUT2D eigenvalue weighted by Crippen LogP contribution is -2.60. The molecule has 1 aromatic heterocycles. The molecule has 1 aromatic carbocycles. The van der Waals surface area contributed by atoms with Crippen LogP contribution in [0.4, 0.5) is 0 Å². The van der Waals surface area contributed by atoms with Crippen molar-refractivity contribution < 1.29 is 68.3 Å². The highest BCUT2D eigenvalue weighted by molar-refractivity contribution is 5.94. The predicted molar refractivity (Wildman–Crippen MR) is 264 cm³/mol. The molecular formula is C52H87N5O14. The second-order valence-corrected chi connectivity index (χ2v) is 21.7. The Hall–Kier alpha value is -3.18.